The summed E-state index contributed by atoms with van der Waals surface area (Å²) >= 11 is 0. The lowest BCUT2D eigenvalue weighted by Gasteiger charge is -2.23. The first-order chi connectivity index (χ1) is 26.3. The van der Waals surface area contributed by atoms with Crippen LogP contribution in [0.15, 0.2) is 85.2 Å². The van der Waals surface area contributed by atoms with Crippen molar-refractivity contribution in [1.82, 2.24) is 40.4 Å². The van der Waals surface area contributed by atoms with E-state index in [9.17, 15) is 19.2 Å². The fourth-order valence-corrected chi connectivity index (χ4v) is 7.19. The average Bonchev–Trinajstić information content (AvgIpc) is 4.06. The summed E-state index contributed by atoms with van der Waals surface area (Å²) in [6, 6.07) is 24.7. The molecule has 0 saturated carbocycles. The van der Waals surface area contributed by atoms with Gasteiger partial charge in [-0.15, -0.1) is 0 Å². The molecule has 0 bridgehead atoms. The number of hydrogen-bond donors (Lipinski definition) is 4. The number of carbonyl (C=O) groups excluding carboxylic acids is 4. The molecule has 2 aliphatic rings. The van der Waals surface area contributed by atoms with Gasteiger partial charge >= 0.3 is 12.2 Å². The van der Waals surface area contributed by atoms with Gasteiger partial charge in [0.05, 0.1) is 50.1 Å². The van der Waals surface area contributed by atoms with Crippen molar-refractivity contribution in [2.45, 2.75) is 37.8 Å². The van der Waals surface area contributed by atoms with Crippen LogP contribution in [0, 0.1) is 0 Å². The largest absolute Gasteiger partial charge is 0.453 e. The third-order valence-corrected chi connectivity index (χ3v) is 10.1. The molecule has 14 nitrogen and oxygen atoms in total. The Hall–Kier alpha value is -6.44. The van der Waals surface area contributed by atoms with Gasteiger partial charge in [-0.25, -0.2) is 19.6 Å². The molecule has 0 spiro atoms. The van der Waals surface area contributed by atoms with Crippen LogP contribution in [0.25, 0.3) is 44.8 Å². The Morgan fingerprint density at radius 2 is 0.926 bits per heavy atom. The molecule has 2 atom stereocenters. The highest BCUT2D eigenvalue weighted by Gasteiger charge is 2.33. The first-order valence-corrected chi connectivity index (χ1v) is 18.0. The lowest BCUT2D eigenvalue weighted by molar-refractivity contribution is -0.132. The van der Waals surface area contributed by atoms with Crippen LogP contribution >= 0.6 is 0 Å². The predicted octanol–water partition coefficient (Wildman–Crippen LogP) is 5.84. The van der Waals surface area contributed by atoms with E-state index in [1.54, 1.807) is 22.2 Å². The van der Waals surface area contributed by atoms with Crippen LogP contribution in [0.2, 0.25) is 0 Å². The van der Waals surface area contributed by atoms with E-state index in [0.29, 0.717) is 13.1 Å². The molecular formula is C40H42N8O6. The van der Waals surface area contributed by atoms with Crippen molar-refractivity contribution in [3.05, 3.63) is 96.8 Å². The summed E-state index contributed by atoms with van der Waals surface area (Å²) in [5.74, 6) is 1.11. The minimum absolute atomic E-state index is 0.119. The lowest BCUT2D eigenvalue weighted by Crippen LogP contribution is -2.40. The van der Waals surface area contributed by atoms with E-state index in [1.165, 1.54) is 14.2 Å². The van der Waals surface area contributed by atoms with Gasteiger partial charge in [-0.2, -0.15) is 0 Å². The molecule has 278 valence electrons. The van der Waals surface area contributed by atoms with Gasteiger partial charge in [-0.1, -0.05) is 72.8 Å². The first kappa shape index (κ1) is 35.9. The zero-order chi connectivity index (χ0) is 37.6. The molecule has 4 amide bonds. The number of nitrogens with one attached hydrogen (secondary N) is 4. The Morgan fingerprint density at radius 1 is 0.593 bits per heavy atom. The highest BCUT2D eigenvalue weighted by atomic mass is 16.5. The number of imidazole rings is 2. The Balaban J connectivity index is 0.962. The number of aromatic amines is 2. The van der Waals surface area contributed by atoms with Crippen molar-refractivity contribution in [3.8, 4) is 44.8 Å². The van der Waals surface area contributed by atoms with E-state index in [0.717, 1.165) is 82.1 Å². The highest BCUT2D eigenvalue weighted by Crippen LogP contribution is 2.34. The molecule has 2 aliphatic heterocycles. The van der Waals surface area contributed by atoms with E-state index < -0.39 is 12.2 Å². The maximum atomic E-state index is 12.8. The number of rotatable bonds is 10. The maximum Gasteiger partial charge on any atom is 0.407 e. The van der Waals surface area contributed by atoms with Gasteiger partial charge in [0.15, 0.2) is 0 Å². The van der Waals surface area contributed by atoms with Crippen LogP contribution in [0.5, 0.6) is 0 Å². The summed E-state index contributed by atoms with van der Waals surface area (Å²) in [6.07, 6.45) is 5.64. The van der Waals surface area contributed by atoms with Gasteiger partial charge in [-0.3, -0.25) is 9.59 Å². The highest BCUT2D eigenvalue weighted by molar-refractivity contribution is 5.83. The molecule has 0 unspecified atom stereocenters. The standard InChI is InChI=1S/C40H42N8O6/c1-53-39(51)43-23-35(49)47-19-3-5-33(47)37-41-21-31(45-37)29-15-11-27(12-16-29)25-7-9-26(10-8-25)28-13-17-30(18-14-28)32-22-42-38(46-32)34-6-4-20-48(34)36(50)24-44-40(52)54-2/h7-18,21-22,33-34H,3-6,19-20,23-24H2,1-2H3,(H,41,45)(H,42,46)(H,43,51)(H,44,52)/t33-,34-/m0/s1. The monoisotopic (exact) mass is 730 g/mol. The number of methoxy groups -OCH3 is 2. The minimum atomic E-state index is -0.634. The number of aromatic nitrogens is 4. The van der Waals surface area contributed by atoms with Gasteiger partial charge in [0.25, 0.3) is 0 Å². The molecular weight excluding hydrogens is 688 g/mol. The summed E-state index contributed by atoms with van der Waals surface area (Å²) in [4.78, 5) is 67.9. The fourth-order valence-electron chi connectivity index (χ4n) is 7.19. The third-order valence-electron chi connectivity index (χ3n) is 10.1. The second-order valence-electron chi connectivity index (χ2n) is 13.3. The quantitative estimate of drug-likeness (QED) is 0.139. The van der Waals surface area contributed by atoms with Crippen molar-refractivity contribution >= 4 is 24.0 Å². The lowest BCUT2D eigenvalue weighted by atomic mass is 9.98. The summed E-state index contributed by atoms with van der Waals surface area (Å²) in [5.41, 5.74) is 8.08. The second kappa shape index (κ2) is 16.1. The van der Waals surface area contributed by atoms with Gasteiger partial charge < -0.3 is 39.9 Å². The molecule has 0 radical (unpaired) electrons. The van der Waals surface area contributed by atoms with Crippen molar-refractivity contribution in [2.24, 2.45) is 0 Å². The van der Waals surface area contributed by atoms with Crippen LogP contribution in [-0.4, -0.2) is 94.1 Å². The van der Waals surface area contributed by atoms with E-state index >= 15 is 0 Å². The molecule has 0 aliphatic carbocycles. The molecule has 3 aromatic carbocycles. The van der Waals surface area contributed by atoms with Gasteiger partial charge in [0.1, 0.15) is 24.7 Å². The van der Waals surface area contributed by atoms with Crippen LogP contribution in [0.1, 0.15) is 49.4 Å². The van der Waals surface area contributed by atoms with Crippen molar-refractivity contribution in [3.63, 3.8) is 0 Å². The Kier molecular flexibility index (Phi) is 10.7. The molecule has 2 saturated heterocycles. The SMILES string of the molecule is COC(=O)NCC(=O)N1CCC[C@H]1c1ncc(-c2ccc(-c3ccc(-c4ccc(-c5cnc([C@@H]6CCCN6C(=O)CNC(=O)OC)[nH]5)cc4)cc3)cc2)[nH]1. The number of ether oxygens (including phenoxy) is 2. The van der Waals surface area contributed by atoms with Gasteiger partial charge in [0, 0.05) is 13.1 Å². The van der Waals surface area contributed by atoms with Gasteiger partial charge in [-0.05, 0) is 59.1 Å². The van der Waals surface area contributed by atoms with Crippen LogP contribution in [0.3, 0.4) is 0 Å². The number of nitrogens with zero attached hydrogens (tertiary/aromatic N) is 4. The fraction of sp³-hybridized carbons (Fsp3) is 0.300. The normalized spacial score (nSPS) is 16.6. The third kappa shape index (κ3) is 7.82. The number of alkyl carbamates (subject to hydrolysis) is 2. The smallest absolute Gasteiger partial charge is 0.407 e. The number of carbonyl (C=O) groups is 4. The average molecular weight is 731 g/mol. The topological polar surface area (TPSA) is 175 Å². The second-order valence-corrected chi connectivity index (χ2v) is 13.3. The molecule has 5 aromatic rings. The summed E-state index contributed by atoms with van der Waals surface area (Å²) in [5, 5.41) is 4.93. The van der Waals surface area contributed by atoms with Crippen molar-refractivity contribution in [1.29, 1.82) is 0 Å². The van der Waals surface area contributed by atoms with Gasteiger partial charge in [0.2, 0.25) is 11.8 Å². The molecule has 54 heavy (non-hydrogen) atoms. The molecule has 2 aromatic heterocycles. The zero-order valence-electron chi connectivity index (χ0n) is 30.1. The number of amides is 4. The summed E-state index contributed by atoms with van der Waals surface area (Å²) < 4.78 is 9.15. The van der Waals surface area contributed by atoms with E-state index in [4.69, 9.17) is 0 Å². The Bertz CT molecular complexity index is 1960. The van der Waals surface area contributed by atoms with Crippen LogP contribution in [0.4, 0.5) is 9.59 Å². The molecule has 4 N–H and O–H groups in total. The first-order valence-electron chi connectivity index (χ1n) is 18.0. The molecule has 14 heteroatoms. The number of H-pyrrole nitrogens is 2. The number of benzene rings is 3. The molecule has 7 rings (SSSR count). The molecule has 4 heterocycles. The zero-order valence-corrected chi connectivity index (χ0v) is 30.1. The van der Waals surface area contributed by atoms with E-state index in [1.807, 2.05) is 0 Å². The van der Waals surface area contributed by atoms with E-state index in [2.05, 4.69) is 113 Å². The molecule has 2 fully saturated rings. The van der Waals surface area contributed by atoms with Crippen molar-refractivity contribution < 1.29 is 28.7 Å². The number of hydrogen-bond acceptors (Lipinski definition) is 8. The van der Waals surface area contributed by atoms with Crippen molar-refractivity contribution in [2.75, 3.05) is 40.4 Å². The summed E-state index contributed by atoms with van der Waals surface area (Å²) in [6.45, 7) is 0.983. The summed E-state index contributed by atoms with van der Waals surface area (Å²) in [7, 11) is 2.53. The minimum Gasteiger partial charge on any atom is -0.453 e. The predicted molar refractivity (Wildman–Crippen MR) is 201 cm³/mol. The van der Waals surface area contributed by atoms with Crippen LogP contribution in [-0.2, 0) is 19.1 Å². The Morgan fingerprint density at radius 3 is 1.26 bits per heavy atom. The Labute approximate surface area is 312 Å². The number of likely N-dealkylation sites (tertiary alicyclic amines) is 2. The van der Waals surface area contributed by atoms with Crippen LogP contribution < -0.4 is 10.6 Å². The maximum absolute atomic E-state index is 12.8. The van der Waals surface area contributed by atoms with E-state index in [-0.39, 0.29) is 37.0 Å².